The molecule has 0 saturated heterocycles. The lowest BCUT2D eigenvalue weighted by molar-refractivity contribution is 0.405. The van der Waals surface area contributed by atoms with E-state index in [0.29, 0.717) is 15.3 Å². The van der Waals surface area contributed by atoms with Crippen LogP contribution in [0.5, 0.6) is 0 Å². The van der Waals surface area contributed by atoms with Crippen LogP contribution >= 0.6 is 57.9 Å². The first kappa shape index (κ1) is 16.1. The van der Waals surface area contributed by atoms with Gasteiger partial charge in [-0.2, -0.15) is 0 Å². The number of hydrogen-bond donors (Lipinski definition) is 6. The van der Waals surface area contributed by atoms with Crippen LogP contribution in [-0.2, 0) is 4.57 Å². The molecule has 13 heavy (non-hydrogen) atoms. The van der Waals surface area contributed by atoms with Gasteiger partial charge in [0.2, 0.25) is 0 Å². The van der Waals surface area contributed by atoms with Crippen molar-refractivity contribution in [3.05, 3.63) is 0 Å². The molecule has 0 bridgehead atoms. The molecule has 4 N–H and O–H groups in total. The highest BCUT2D eigenvalue weighted by molar-refractivity contribution is 8.11. The van der Waals surface area contributed by atoms with Gasteiger partial charge in [-0.1, -0.05) is 24.4 Å². The summed E-state index contributed by atoms with van der Waals surface area (Å²) in [5, 5.41) is 5.45. The molecule has 0 atom stereocenters. The highest BCUT2D eigenvalue weighted by Gasteiger charge is 1.85. The summed E-state index contributed by atoms with van der Waals surface area (Å²) in [5.74, 6) is 0. The van der Waals surface area contributed by atoms with Gasteiger partial charge in [-0.15, -0.1) is 25.3 Å². The Bertz CT molecular complexity index is 183. The first-order chi connectivity index (χ1) is 5.86. The molecule has 0 aromatic rings. The zero-order valence-electron chi connectivity index (χ0n) is 6.22. The van der Waals surface area contributed by atoms with E-state index in [1.165, 1.54) is 0 Å². The fourth-order valence-corrected chi connectivity index (χ4v) is 0.498. The summed E-state index contributed by atoms with van der Waals surface area (Å²) in [4.78, 5) is 14.3. The van der Waals surface area contributed by atoms with Gasteiger partial charge in [-0.05, 0) is 0 Å². The molecule has 0 saturated carbocycles. The highest BCUT2D eigenvalue weighted by Crippen LogP contribution is 1.98. The molecule has 0 unspecified atom stereocenters. The Balaban J connectivity index is 0. The summed E-state index contributed by atoms with van der Waals surface area (Å²) >= 11 is 16.8. The van der Waals surface area contributed by atoms with E-state index in [9.17, 15) is 0 Å². The molecule has 0 spiro atoms. The van der Waals surface area contributed by atoms with Crippen molar-refractivity contribution in [2.24, 2.45) is 0 Å². The molecule has 0 fully saturated rings. The molecular weight excluding hydrogens is 271 g/mol. The van der Waals surface area contributed by atoms with Gasteiger partial charge in [-0.3, -0.25) is 4.57 Å². The minimum absolute atomic E-state index is 0.437. The Labute approximate surface area is 98.1 Å². The van der Waals surface area contributed by atoms with Gasteiger partial charge in [0.05, 0.1) is 6.67 Å². The van der Waals surface area contributed by atoms with Crippen LogP contribution in [-0.4, -0.2) is 25.1 Å². The van der Waals surface area contributed by atoms with E-state index < -0.39 is 8.25 Å². The Hall–Kier alpha value is 0.630. The van der Waals surface area contributed by atoms with Gasteiger partial charge in [0.1, 0.15) is 8.64 Å². The summed E-state index contributed by atoms with van der Waals surface area (Å²) in [5.41, 5.74) is 0. The zero-order chi connectivity index (χ0) is 10.9. The highest BCUT2D eigenvalue weighted by atomic mass is 32.1. The van der Waals surface area contributed by atoms with Gasteiger partial charge < -0.3 is 20.4 Å². The monoisotopic (exact) mass is 280 g/mol. The minimum Gasteiger partial charge on any atom is -0.354 e. The average Bonchev–Trinajstić information content (AvgIpc) is 1.83. The smallest absolute Gasteiger partial charge is 0.314 e. The standard InChI is InChI=1S/C3H6N2S4.H3O3P/c6-2(7)4-1-5-3(8)9;1-4(2)3/h1H2,(H2,4,6,7)(H2,5,8,9);4H,(H2,1,2,3). The van der Waals surface area contributed by atoms with Crippen LogP contribution in [0.15, 0.2) is 0 Å². The van der Waals surface area contributed by atoms with E-state index in [1.54, 1.807) is 0 Å². The van der Waals surface area contributed by atoms with E-state index in [4.69, 9.17) is 14.4 Å². The van der Waals surface area contributed by atoms with Gasteiger partial charge in [0, 0.05) is 0 Å². The third-order valence-corrected chi connectivity index (χ3v) is 1.08. The van der Waals surface area contributed by atoms with Crippen LogP contribution in [0.2, 0.25) is 0 Å². The lowest BCUT2D eigenvalue weighted by atomic mass is 11.0. The topological polar surface area (TPSA) is 81.6 Å². The Morgan fingerprint density at radius 1 is 1.23 bits per heavy atom. The third-order valence-electron chi connectivity index (χ3n) is 0.479. The summed E-state index contributed by atoms with van der Waals surface area (Å²) in [6.07, 6.45) is 0. The molecule has 0 aromatic carbocycles. The van der Waals surface area contributed by atoms with E-state index >= 15 is 0 Å². The van der Waals surface area contributed by atoms with Gasteiger partial charge in [0.25, 0.3) is 0 Å². The average molecular weight is 280 g/mol. The maximum Gasteiger partial charge on any atom is 0.314 e. The largest absolute Gasteiger partial charge is 0.354 e. The number of thiol groups is 2. The molecule has 0 aliphatic carbocycles. The molecule has 0 amide bonds. The van der Waals surface area contributed by atoms with Crippen molar-refractivity contribution in [2.45, 2.75) is 0 Å². The molecule has 0 heterocycles. The van der Waals surface area contributed by atoms with Crippen LogP contribution < -0.4 is 10.6 Å². The summed E-state index contributed by atoms with van der Waals surface area (Å²) < 4.78 is 9.61. The zero-order valence-corrected chi connectivity index (χ0v) is 10.6. The van der Waals surface area contributed by atoms with Crippen LogP contribution in [0, 0.1) is 0 Å². The van der Waals surface area contributed by atoms with Gasteiger partial charge in [-0.25, -0.2) is 0 Å². The molecular formula is C3H9N2O3PS4. The molecule has 5 nitrogen and oxygen atoms in total. The number of hydrogen-bond acceptors (Lipinski definition) is 3. The molecule has 0 radical (unpaired) electrons. The fourth-order valence-electron chi connectivity index (χ4n) is 0.195. The van der Waals surface area contributed by atoms with Crippen molar-refractivity contribution in [1.29, 1.82) is 0 Å². The Morgan fingerprint density at radius 3 is 1.62 bits per heavy atom. The second-order valence-electron chi connectivity index (χ2n) is 1.42. The molecule has 0 rings (SSSR count). The molecule has 10 heteroatoms. The molecule has 0 aliphatic rings. The maximum atomic E-state index is 8.74. The summed E-state index contributed by atoms with van der Waals surface area (Å²) in [6.45, 7) is 0.477. The van der Waals surface area contributed by atoms with Crippen molar-refractivity contribution < 1.29 is 14.4 Å². The molecule has 0 aromatic heterocycles. The van der Waals surface area contributed by atoms with E-state index in [0.717, 1.165) is 0 Å². The van der Waals surface area contributed by atoms with Crippen LogP contribution in [0.4, 0.5) is 0 Å². The van der Waals surface area contributed by atoms with Crippen molar-refractivity contribution in [3.63, 3.8) is 0 Å². The molecule has 0 aliphatic heterocycles. The lowest BCUT2D eigenvalue weighted by Gasteiger charge is -2.02. The SMILES string of the molecule is O=[PH](O)O.S=C(S)NCNC(=S)S. The quantitative estimate of drug-likeness (QED) is 0.183. The van der Waals surface area contributed by atoms with E-state index in [1.807, 2.05) is 0 Å². The van der Waals surface area contributed by atoms with E-state index in [2.05, 4.69) is 60.3 Å². The second kappa shape index (κ2) is 10.7. The van der Waals surface area contributed by atoms with Crippen LogP contribution in [0.3, 0.4) is 0 Å². The predicted molar refractivity (Wildman–Crippen MR) is 67.7 cm³/mol. The van der Waals surface area contributed by atoms with Crippen molar-refractivity contribution in [1.82, 2.24) is 10.6 Å². The van der Waals surface area contributed by atoms with Crippen LogP contribution in [0.1, 0.15) is 0 Å². The fraction of sp³-hybridized carbons (Fsp3) is 0.333. The second-order valence-corrected chi connectivity index (χ2v) is 4.30. The van der Waals surface area contributed by atoms with Crippen molar-refractivity contribution in [2.75, 3.05) is 6.67 Å². The Kier molecular flexibility index (Phi) is 13.2. The van der Waals surface area contributed by atoms with Gasteiger partial charge in [0.15, 0.2) is 0 Å². The number of nitrogens with one attached hydrogen (secondary N) is 2. The Morgan fingerprint density at radius 2 is 1.46 bits per heavy atom. The summed E-state index contributed by atoms with van der Waals surface area (Å²) in [6, 6.07) is 0. The predicted octanol–water partition coefficient (Wildman–Crippen LogP) is -0.0868. The normalized spacial score (nSPS) is 8.38. The van der Waals surface area contributed by atoms with Crippen molar-refractivity contribution >= 4 is 66.6 Å². The summed E-state index contributed by atoms with van der Waals surface area (Å²) in [7, 11) is -3.13. The first-order valence-corrected chi connectivity index (χ1v) is 5.73. The maximum absolute atomic E-state index is 8.74. The van der Waals surface area contributed by atoms with E-state index in [-0.39, 0.29) is 0 Å². The van der Waals surface area contributed by atoms with Gasteiger partial charge >= 0.3 is 8.25 Å². The first-order valence-electron chi connectivity index (χ1n) is 2.71. The number of thiocarbonyl (C=S) groups is 2. The van der Waals surface area contributed by atoms with Crippen molar-refractivity contribution in [3.8, 4) is 0 Å². The molecule has 78 valence electrons. The third kappa shape index (κ3) is 32.5. The lowest BCUT2D eigenvalue weighted by Crippen LogP contribution is -2.31. The minimum atomic E-state index is -3.13. The van der Waals surface area contributed by atoms with Crippen LogP contribution in [0.25, 0.3) is 0 Å². The number of rotatable bonds is 2.